The zero-order valence-electron chi connectivity index (χ0n) is 15.1. The summed E-state index contributed by atoms with van der Waals surface area (Å²) in [7, 11) is 1.57. The number of carbonyl (C=O) groups is 1. The molecule has 1 aliphatic heterocycles. The molecule has 4 rings (SSSR count). The van der Waals surface area contributed by atoms with Gasteiger partial charge in [-0.15, -0.1) is 0 Å². The third-order valence-corrected chi connectivity index (χ3v) is 4.59. The van der Waals surface area contributed by atoms with Gasteiger partial charge < -0.3 is 19.4 Å². The van der Waals surface area contributed by atoms with E-state index in [2.05, 4.69) is 14.9 Å². The Morgan fingerprint density at radius 3 is 2.89 bits per heavy atom. The van der Waals surface area contributed by atoms with E-state index in [1.165, 1.54) is 0 Å². The second-order valence-corrected chi connectivity index (χ2v) is 6.38. The molecular formula is C21H21N3O3. The van der Waals surface area contributed by atoms with Crippen molar-refractivity contribution in [2.75, 3.05) is 19.0 Å². The molecule has 3 aromatic rings. The molecule has 6 heteroatoms. The van der Waals surface area contributed by atoms with Gasteiger partial charge >= 0.3 is 0 Å². The van der Waals surface area contributed by atoms with E-state index < -0.39 is 0 Å². The predicted octanol–water partition coefficient (Wildman–Crippen LogP) is 3.52. The van der Waals surface area contributed by atoms with E-state index in [9.17, 15) is 4.79 Å². The molecule has 2 aromatic carbocycles. The number of aromatic nitrogens is 2. The maximum Gasteiger partial charge on any atom is 0.262 e. The number of amides is 1. The molecule has 2 heterocycles. The van der Waals surface area contributed by atoms with Crippen molar-refractivity contribution in [1.29, 1.82) is 0 Å². The van der Waals surface area contributed by atoms with Crippen LogP contribution in [0.1, 0.15) is 12.2 Å². The summed E-state index contributed by atoms with van der Waals surface area (Å²) in [6.45, 7) is 0.903. The lowest BCUT2D eigenvalue weighted by atomic mass is 10.1. The van der Waals surface area contributed by atoms with E-state index in [4.69, 9.17) is 9.47 Å². The summed E-state index contributed by atoms with van der Waals surface area (Å²) in [6.07, 6.45) is 4.06. The van der Waals surface area contributed by atoms with Crippen LogP contribution in [0.3, 0.4) is 0 Å². The number of aryl methyl sites for hydroxylation is 1. The van der Waals surface area contributed by atoms with Gasteiger partial charge in [0.25, 0.3) is 5.91 Å². The van der Waals surface area contributed by atoms with Crippen LogP contribution >= 0.6 is 0 Å². The normalized spacial score (nSPS) is 12.5. The van der Waals surface area contributed by atoms with Crippen LogP contribution in [0, 0.1) is 0 Å². The summed E-state index contributed by atoms with van der Waals surface area (Å²) >= 11 is 0. The van der Waals surface area contributed by atoms with Gasteiger partial charge in [0.2, 0.25) is 0 Å². The van der Waals surface area contributed by atoms with E-state index in [-0.39, 0.29) is 12.5 Å². The largest absolute Gasteiger partial charge is 0.493 e. The lowest BCUT2D eigenvalue weighted by molar-refractivity contribution is -0.118. The van der Waals surface area contributed by atoms with Crippen LogP contribution in [-0.2, 0) is 17.8 Å². The predicted molar refractivity (Wildman–Crippen MR) is 103 cm³/mol. The van der Waals surface area contributed by atoms with Crippen molar-refractivity contribution in [3.63, 3.8) is 0 Å². The number of fused-ring (bicyclic) bond motifs is 1. The van der Waals surface area contributed by atoms with Gasteiger partial charge in [0.05, 0.1) is 19.0 Å². The summed E-state index contributed by atoms with van der Waals surface area (Å²) < 4.78 is 13.0. The molecule has 0 radical (unpaired) electrons. The average molecular weight is 363 g/mol. The number of nitrogens with one attached hydrogen (secondary N) is 1. The quantitative estimate of drug-likeness (QED) is 0.728. The number of hydrogen-bond donors (Lipinski definition) is 1. The first-order valence-corrected chi connectivity index (χ1v) is 8.95. The van der Waals surface area contributed by atoms with Crippen molar-refractivity contribution in [2.24, 2.45) is 0 Å². The molecule has 0 saturated heterocycles. The minimum absolute atomic E-state index is 0.0906. The molecule has 138 valence electrons. The highest BCUT2D eigenvalue weighted by Gasteiger charge is 2.17. The Morgan fingerprint density at radius 1 is 1.19 bits per heavy atom. The second-order valence-electron chi connectivity index (χ2n) is 6.38. The lowest BCUT2D eigenvalue weighted by Crippen LogP contribution is -2.20. The molecule has 1 N–H and O–H groups in total. The Kier molecular flexibility index (Phi) is 4.78. The number of ether oxygens (including phenoxy) is 2. The van der Waals surface area contributed by atoms with Crippen LogP contribution in [0.2, 0.25) is 0 Å². The third-order valence-electron chi connectivity index (χ3n) is 4.59. The molecule has 27 heavy (non-hydrogen) atoms. The first-order chi connectivity index (χ1) is 13.2. The Labute approximate surface area is 157 Å². The van der Waals surface area contributed by atoms with Crippen molar-refractivity contribution < 1.29 is 14.3 Å². The van der Waals surface area contributed by atoms with E-state index in [1.807, 2.05) is 42.6 Å². The molecule has 0 fully saturated rings. The van der Waals surface area contributed by atoms with Gasteiger partial charge in [0.1, 0.15) is 5.82 Å². The fourth-order valence-electron chi connectivity index (χ4n) is 3.32. The second kappa shape index (κ2) is 7.53. The Balaban J connectivity index is 1.43. The molecule has 0 unspecified atom stereocenters. The van der Waals surface area contributed by atoms with Crippen molar-refractivity contribution in [3.05, 3.63) is 60.6 Å². The number of hydrogen-bond acceptors (Lipinski definition) is 4. The highest BCUT2D eigenvalue weighted by molar-refractivity contribution is 5.92. The smallest absolute Gasteiger partial charge is 0.262 e. The first-order valence-electron chi connectivity index (χ1n) is 8.95. The molecule has 0 atom stereocenters. The monoisotopic (exact) mass is 363 g/mol. The average Bonchev–Trinajstić information content (AvgIpc) is 3.30. The van der Waals surface area contributed by atoms with E-state index in [1.54, 1.807) is 19.2 Å². The number of methoxy groups -OCH3 is 1. The highest BCUT2D eigenvalue weighted by Crippen LogP contribution is 2.28. The molecule has 0 aliphatic carbocycles. The van der Waals surface area contributed by atoms with Crippen LogP contribution in [0.15, 0.2) is 54.7 Å². The summed E-state index contributed by atoms with van der Waals surface area (Å²) in [5.74, 6) is 2.04. The topological polar surface area (TPSA) is 65.4 Å². The third kappa shape index (κ3) is 3.65. The molecule has 6 nitrogen and oxygen atoms in total. The SMILES string of the molecule is COc1ccccc1OCC(=O)Nc1cccc(-c2cnc3n2CCC3)c1. The van der Waals surface area contributed by atoms with Gasteiger partial charge in [-0.3, -0.25) is 4.79 Å². The summed E-state index contributed by atoms with van der Waals surface area (Å²) in [5, 5.41) is 2.89. The molecular weight excluding hydrogens is 342 g/mol. The zero-order valence-corrected chi connectivity index (χ0v) is 15.1. The number of nitrogens with zero attached hydrogens (tertiary/aromatic N) is 2. The number of anilines is 1. The fourth-order valence-corrected chi connectivity index (χ4v) is 3.32. The molecule has 1 aromatic heterocycles. The summed E-state index contributed by atoms with van der Waals surface area (Å²) in [4.78, 5) is 16.8. The van der Waals surface area contributed by atoms with Gasteiger partial charge in [-0.05, 0) is 30.7 Å². The number of rotatable bonds is 6. The van der Waals surface area contributed by atoms with E-state index >= 15 is 0 Å². The first kappa shape index (κ1) is 17.1. The fraction of sp³-hybridized carbons (Fsp3) is 0.238. The van der Waals surface area contributed by atoms with Crippen molar-refractivity contribution in [1.82, 2.24) is 9.55 Å². The summed E-state index contributed by atoms with van der Waals surface area (Å²) in [5.41, 5.74) is 2.86. The minimum atomic E-state index is -0.225. The Bertz CT molecular complexity index is 965. The van der Waals surface area contributed by atoms with Gasteiger partial charge in [-0.25, -0.2) is 4.98 Å². The lowest BCUT2D eigenvalue weighted by Gasteiger charge is -2.11. The van der Waals surface area contributed by atoms with Gasteiger partial charge in [-0.2, -0.15) is 0 Å². The Morgan fingerprint density at radius 2 is 2.04 bits per heavy atom. The van der Waals surface area contributed by atoms with Crippen molar-refractivity contribution in [3.8, 4) is 22.8 Å². The highest BCUT2D eigenvalue weighted by atomic mass is 16.5. The maximum absolute atomic E-state index is 12.3. The number of carbonyl (C=O) groups excluding carboxylic acids is 1. The number of para-hydroxylation sites is 2. The van der Waals surface area contributed by atoms with Crippen LogP contribution in [-0.4, -0.2) is 29.2 Å². The maximum atomic E-state index is 12.3. The van der Waals surface area contributed by atoms with Crippen LogP contribution < -0.4 is 14.8 Å². The summed E-state index contributed by atoms with van der Waals surface area (Å²) in [6, 6.07) is 15.0. The molecule has 1 amide bonds. The number of benzene rings is 2. The van der Waals surface area contributed by atoms with Gasteiger partial charge in [-0.1, -0.05) is 24.3 Å². The number of imidazole rings is 1. The van der Waals surface area contributed by atoms with Crippen molar-refractivity contribution in [2.45, 2.75) is 19.4 Å². The zero-order chi connectivity index (χ0) is 18.6. The minimum Gasteiger partial charge on any atom is -0.493 e. The molecule has 0 bridgehead atoms. The van der Waals surface area contributed by atoms with Crippen LogP contribution in [0.5, 0.6) is 11.5 Å². The van der Waals surface area contributed by atoms with Crippen molar-refractivity contribution >= 4 is 11.6 Å². The molecule has 0 saturated carbocycles. The van der Waals surface area contributed by atoms with Crippen LogP contribution in [0.25, 0.3) is 11.3 Å². The van der Waals surface area contributed by atoms with E-state index in [0.717, 1.165) is 42.2 Å². The van der Waals surface area contributed by atoms with E-state index in [0.29, 0.717) is 11.5 Å². The van der Waals surface area contributed by atoms with Gasteiger partial charge in [0, 0.05) is 24.2 Å². The molecule has 1 aliphatic rings. The van der Waals surface area contributed by atoms with Crippen LogP contribution in [0.4, 0.5) is 5.69 Å². The molecule has 0 spiro atoms. The standard InChI is InChI=1S/C21H21N3O3/c1-26-18-8-2-3-9-19(18)27-14-21(25)23-16-7-4-6-15(12-16)17-13-22-20-10-5-11-24(17)20/h2-4,6-9,12-13H,5,10-11,14H2,1H3,(H,23,25). The van der Waals surface area contributed by atoms with Gasteiger partial charge in [0.15, 0.2) is 18.1 Å². The Hall–Kier alpha value is -3.28.